The fourth-order valence-electron chi connectivity index (χ4n) is 3.25. The van der Waals surface area contributed by atoms with E-state index in [-0.39, 0.29) is 24.3 Å². The van der Waals surface area contributed by atoms with Gasteiger partial charge >= 0.3 is 0 Å². The Morgan fingerprint density at radius 2 is 1.93 bits per heavy atom. The maximum absolute atomic E-state index is 12.8. The summed E-state index contributed by atoms with van der Waals surface area (Å²) in [5, 5.41) is 9.52. The molecule has 2 atom stereocenters. The van der Waals surface area contributed by atoms with Gasteiger partial charge in [-0.3, -0.25) is 14.7 Å². The summed E-state index contributed by atoms with van der Waals surface area (Å²) in [7, 11) is 1.65. The number of anilines is 1. The second-order valence-corrected chi connectivity index (χ2v) is 6.88. The zero-order valence-corrected chi connectivity index (χ0v) is 16.1. The fraction of sp³-hybridized carbons (Fsp3) is 0.238. The van der Waals surface area contributed by atoms with Gasteiger partial charge in [0, 0.05) is 13.0 Å². The van der Waals surface area contributed by atoms with Crippen molar-refractivity contribution in [1.82, 2.24) is 20.5 Å². The molecule has 2 aromatic carbocycles. The van der Waals surface area contributed by atoms with Crippen LogP contribution in [0.15, 0.2) is 54.6 Å². The van der Waals surface area contributed by atoms with Crippen LogP contribution in [0.1, 0.15) is 34.8 Å². The number of carbonyl (C=O) groups is 2. The van der Waals surface area contributed by atoms with Gasteiger partial charge in [-0.15, -0.1) is 5.10 Å². The Labute approximate surface area is 167 Å². The molecule has 0 bridgehead atoms. The van der Waals surface area contributed by atoms with Crippen molar-refractivity contribution in [2.24, 2.45) is 0 Å². The minimum Gasteiger partial charge on any atom is -0.489 e. The predicted octanol–water partition coefficient (Wildman–Crippen LogP) is 2.11. The Morgan fingerprint density at radius 1 is 1.21 bits per heavy atom. The third-order valence-electron chi connectivity index (χ3n) is 4.98. The van der Waals surface area contributed by atoms with E-state index in [2.05, 4.69) is 20.5 Å². The lowest BCUT2D eigenvalue weighted by molar-refractivity contribution is -0.120. The molecule has 29 heavy (non-hydrogen) atoms. The first-order valence-corrected chi connectivity index (χ1v) is 9.32. The number of likely N-dealkylation sites (N-methyl/N-ethyl adjacent to an activating group) is 1. The Hall–Kier alpha value is -3.68. The molecule has 0 spiro atoms. The monoisotopic (exact) mass is 391 g/mol. The van der Waals surface area contributed by atoms with Gasteiger partial charge < -0.3 is 15.0 Å². The molecule has 1 aliphatic rings. The third kappa shape index (κ3) is 3.69. The van der Waals surface area contributed by atoms with Gasteiger partial charge in [0.2, 0.25) is 5.82 Å². The number of hydrogen-bond donors (Lipinski definition) is 2. The number of benzene rings is 2. The van der Waals surface area contributed by atoms with Crippen molar-refractivity contribution in [1.29, 1.82) is 0 Å². The van der Waals surface area contributed by atoms with Crippen LogP contribution in [0.25, 0.3) is 0 Å². The smallest absolute Gasteiger partial charge is 0.291 e. The first-order valence-electron chi connectivity index (χ1n) is 9.32. The van der Waals surface area contributed by atoms with Crippen LogP contribution < -0.4 is 15.0 Å². The number of fused-ring (bicyclic) bond motifs is 1. The van der Waals surface area contributed by atoms with Crippen molar-refractivity contribution in [3.63, 3.8) is 0 Å². The highest BCUT2D eigenvalue weighted by atomic mass is 16.5. The number of para-hydroxylation sites is 2. The Balaban J connectivity index is 1.47. The van der Waals surface area contributed by atoms with Crippen LogP contribution in [-0.2, 0) is 4.79 Å². The number of rotatable bonds is 4. The minimum absolute atomic E-state index is 0.0139. The van der Waals surface area contributed by atoms with E-state index >= 15 is 0 Å². The lowest BCUT2D eigenvalue weighted by Crippen LogP contribution is -2.49. The lowest BCUT2D eigenvalue weighted by Gasteiger charge is -2.19. The maximum Gasteiger partial charge on any atom is 0.291 e. The molecule has 0 fully saturated rings. The fourth-order valence-corrected chi connectivity index (χ4v) is 3.25. The normalized spacial score (nSPS) is 17.1. The highest BCUT2D eigenvalue weighted by Crippen LogP contribution is 2.29. The van der Waals surface area contributed by atoms with Gasteiger partial charge in [-0.25, -0.2) is 4.98 Å². The van der Waals surface area contributed by atoms with Crippen LogP contribution in [0.4, 0.5) is 5.69 Å². The zero-order chi connectivity index (χ0) is 20.4. The van der Waals surface area contributed by atoms with Gasteiger partial charge in [0.25, 0.3) is 11.8 Å². The average molecular weight is 391 g/mol. The molecule has 4 rings (SSSR count). The number of carbonyl (C=O) groups excluding carboxylic acids is 2. The molecule has 0 saturated carbocycles. The van der Waals surface area contributed by atoms with Crippen LogP contribution in [0.5, 0.6) is 5.75 Å². The van der Waals surface area contributed by atoms with Crippen molar-refractivity contribution >= 4 is 17.5 Å². The van der Waals surface area contributed by atoms with Gasteiger partial charge in [0.05, 0.1) is 5.69 Å². The van der Waals surface area contributed by atoms with E-state index in [0.29, 0.717) is 17.3 Å². The van der Waals surface area contributed by atoms with E-state index in [0.717, 1.165) is 5.56 Å². The number of amides is 2. The molecule has 1 aliphatic heterocycles. The summed E-state index contributed by atoms with van der Waals surface area (Å²) in [5.74, 6) is 0.311. The van der Waals surface area contributed by atoms with Crippen LogP contribution in [0.2, 0.25) is 0 Å². The molecule has 2 N–H and O–H groups in total. The minimum atomic E-state index is -0.839. The quantitative estimate of drug-likeness (QED) is 0.710. The molecule has 148 valence electrons. The maximum atomic E-state index is 12.8. The summed E-state index contributed by atoms with van der Waals surface area (Å²) in [6.07, 6.45) is 0. The number of nitrogens with one attached hydrogen (secondary N) is 2. The lowest BCUT2D eigenvalue weighted by atomic mass is 10.0. The first kappa shape index (κ1) is 18.7. The number of ether oxygens (including phenoxy) is 1. The molecule has 2 amide bonds. The van der Waals surface area contributed by atoms with Gasteiger partial charge in [0.15, 0.2) is 0 Å². The van der Waals surface area contributed by atoms with Gasteiger partial charge in [-0.2, -0.15) is 0 Å². The standard InChI is InChI=1S/C21H21N5O3/c1-13(14-8-4-3-5-9-14)18-23-19(25-24-18)20(27)22-15-12-29-17-11-7-6-10-16(17)26(2)21(15)28/h3-11,13,15H,12H2,1-2H3,(H,22,27)(H,23,24,25)/t13?,15-/m0/s1. The van der Waals surface area contributed by atoms with Crippen molar-refractivity contribution in [3.8, 4) is 5.75 Å². The van der Waals surface area contributed by atoms with Crippen molar-refractivity contribution < 1.29 is 14.3 Å². The molecule has 1 unspecified atom stereocenters. The Bertz CT molecular complexity index is 1030. The molecule has 0 radical (unpaired) electrons. The van der Waals surface area contributed by atoms with Crippen molar-refractivity contribution in [2.75, 3.05) is 18.6 Å². The Morgan fingerprint density at radius 3 is 2.72 bits per heavy atom. The summed E-state index contributed by atoms with van der Waals surface area (Å²) >= 11 is 0. The van der Waals surface area contributed by atoms with E-state index in [9.17, 15) is 9.59 Å². The summed E-state index contributed by atoms with van der Waals surface area (Å²) in [6, 6.07) is 16.2. The van der Waals surface area contributed by atoms with Gasteiger partial charge in [0.1, 0.15) is 24.2 Å². The second-order valence-electron chi connectivity index (χ2n) is 6.88. The number of hydrogen-bond acceptors (Lipinski definition) is 5. The van der Waals surface area contributed by atoms with Crippen LogP contribution in [0, 0.1) is 0 Å². The molecule has 0 aliphatic carbocycles. The van der Waals surface area contributed by atoms with Crippen molar-refractivity contribution in [2.45, 2.75) is 18.9 Å². The molecule has 1 aromatic heterocycles. The molecule has 2 heterocycles. The molecule has 0 saturated heterocycles. The van der Waals surface area contributed by atoms with Gasteiger partial charge in [-0.05, 0) is 17.7 Å². The van der Waals surface area contributed by atoms with Crippen LogP contribution >= 0.6 is 0 Å². The first-order chi connectivity index (χ1) is 14.0. The summed E-state index contributed by atoms with van der Waals surface area (Å²) in [6.45, 7) is 2.01. The summed E-state index contributed by atoms with van der Waals surface area (Å²) in [4.78, 5) is 31.2. The van der Waals surface area contributed by atoms with Crippen LogP contribution in [-0.4, -0.2) is 46.7 Å². The number of aromatic nitrogens is 3. The van der Waals surface area contributed by atoms with Crippen LogP contribution in [0.3, 0.4) is 0 Å². The third-order valence-corrected chi connectivity index (χ3v) is 4.98. The predicted molar refractivity (Wildman–Crippen MR) is 107 cm³/mol. The second kappa shape index (κ2) is 7.75. The zero-order valence-electron chi connectivity index (χ0n) is 16.1. The average Bonchev–Trinajstić information content (AvgIpc) is 3.22. The van der Waals surface area contributed by atoms with E-state index < -0.39 is 11.9 Å². The molecule has 8 nitrogen and oxygen atoms in total. The highest BCUT2D eigenvalue weighted by molar-refractivity contribution is 6.02. The summed E-state index contributed by atoms with van der Waals surface area (Å²) < 4.78 is 5.71. The van der Waals surface area contributed by atoms with Crippen molar-refractivity contribution in [3.05, 3.63) is 71.8 Å². The molecular weight excluding hydrogens is 370 g/mol. The topological polar surface area (TPSA) is 100 Å². The number of nitrogens with zero attached hydrogens (tertiary/aromatic N) is 3. The largest absolute Gasteiger partial charge is 0.489 e. The molecule has 8 heteroatoms. The number of aromatic amines is 1. The van der Waals surface area contributed by atoms with E-state index in [4.69, 9.17) is 4.74 Å². The van der Waals surface area contributed by atoms with Gasteiger partial charge in [-0.1, -0.05) is 49.4 Å². The SMILES string of the molecule is CC(c1ccccc1)c1nc(C(=O)N[C@H]2COc3ccccc3N(C)C2=O)n[nH]1. The van der Waals surface area contributed by atoms with E-state index in [1.807, 2.05) is 49.4 Å². The highest BCUT2D eigenvalue weighted by Gasteiger charge is 2.31. The summed E-state index contributed by atoms with van der Waals surface area (Å²) in [5.41, 5.74) is 1.72. The Kier molecular flexibility index (Phi) is 4.99. The molecule has 3 aromatic rings. The number of H-pyrrole nitrogens is 1. The van der Waals surface area contributed by atoms with E-state index in [1.54, 1.807) is 19.2 Å². The van der Waals surface area contributed by atoms with E-state index in [1.165, 1.54) is 4.90 Å². The molecular formula is C21H21N5O3.